The summed E-state index contributed by atoms with van der Waals surface area (Å²) < 4.78 is 18.3. The molecule has 0 spiro atoms. The fraction of sp³-hybridized carbons (Fsp3) is 0.250. The van der Waals surface area contributed by atoms with Crippen molar-refractivity contribution in [2.24, 2.45) is 0 Å². The summed E-state index contributed by atoms with van der Waals surface area (Å²) in [6, 6.07) is 2.55. The van der Waals surface area contributed by atoms with Gasteiger partial charge in [-0.25, -0.2) is 4.39 Å². The fourth-order valence-electron chi connectivity index (χ4n) is 1.04. The Balaban J connectivity index is 3.22. The van der Waals surface area contributed by atoms with Crippen molar-refractivity contribution < 1.29 is 19.2 Å². The molecule has 14 heavy (non-hydrogen) atoms. The first-order valence-electron chi connectivity index (χ1n) is 4.04. The number of hydrogen-bond donors (Lipinski definition) is 2. The van der Waals surface area contributed by atoms with Gasteiger partial charge in [0.2, 0.25) is 0 Å². The molecule has 0 saturated carbocycles. The number of rotatable bonds is 3. The average molecular weight is 218 g/mol. The minimum atomic E-state index is -1.77. The van der Waals surface area contributed by atoms with Crippen LogP contribution in [0.1, 0.15) is 6.92 Å². The minimum Gasteiger partial charge on any atom is -0.491 e. The van der Waals surface area contributed by atoms with E-state index in [1.807, 2.05) is 0 Å². The molecule has 1 rings (SSSR count). The summed E-state index contributed by atoms with van der Waals surface area (Å²) in [6.45, 7) is 1.88. The van der Waals surface area contributed by atoms with Crippen LogP contribution in [0.5, 0.6) is 5.75 Å². The van der Waals surface area contributed by atoms with Gasteiger partial charge in [0, 0.05) is 5.46 Å². The molecular weight excluding hydrogens is 209 g/mol. The molecule has 0 unspecified atom stereocenters. The molecule has 0 aliphatic carbocycles. The van der Waals surface area contributed by atoms with E-state index in [4.69, 9.17) is 26.4 Å². The molecule has 0 fully saturated rings. The van der Waals surface area contributed by atoms with Gasteiger partial charge in [0.05, 0.1) is 11.6 Å². The number of halogens is 2. The lowest BCUT2D eigenvalue weighted by Gasteiger charge is -2.11. The van der Waals surface area contributed by atoms with Gasteiger partial charge in [-0.05, 0) is 13.0 Å². The van der Waals surface area contributed by atoms with Gasteiger partial charge in [0.1, 0.15) is 0 Å². The van der Waals surface area contributed by atoms with Crippen molar-refractivity contribution in [3.63, 3.8) is 0 Å². The predicted octanol–water partition coefficient (Wildman–Crippen LogP) is 0.558. The van der Waals surface area contributed by atoms with E-state index < -0.39 is 12.9 Å². The lowest BCUT2D eigenvalue weighted by molar-refractivity contribution is 0.322. The van der Waals surface area contributed by atoms with Gasteiger partial charge in [0.15, 0.2) is 11.6 Å². The third kappa shape index (κ3) is 2.18. The molecule has 0 radical (unpaired) electrons. The maximum absolute atomic E-state index is 13.3. The van der Waals surface area contributed by atoms with E-state index >= 15 is 0 Å². The van der Waals surface area contributed by atoms with Crippen molar-refractivity contribution in [2.45, 2.75) is 6.92 Å². The maximum Gasteiger partial charge on any atom is 0.492 e. The van der Waals surface area contributed by atoms with E-state index in [2.05, 4.69) is 0 Å². The zero-order valence-electron chi connectivity index (χ0n) is 7.50. The molecule has 1 aromatic carbocycles. The standard InChI is InChI=1S/C8H9BClFO3/c1-2-14-8-5(9(12)13)3-4-6(10)7(8)11/h3-4,12-13H,2H2,1H3. The maximum atomic E-state index is 13.3. The highest BCUT2D eigenvalue weighted by atomic mass is 35.5. The molecule has 0 saturated heterocycles. The van der Waals surface area contributed by atoms with E-state index in [9.17, 15) is 4.39 Å². The van der Waals surface area contributed by atoms with E-state index in [-0.39, 0.29) is 22.8 Å². The predicted molar refractivity (Wildman–Crippen MR) is 52.4 cm³/mol. The zero-order valence-corrected chi connectivity index (χ0v) is 8.25. The Morgan fingerprint density at radius 2 is 2.14 bits per heavy atom. The quantitative estimate of drug-likeness (QED) is 0.729. The molecule has 0 heterocycles. The Bertz CT molecular complexity index is 333. The first kappa shape index (κ1) is 11.3. The minimum absolute atomic E-state index is 0.0336. The summed E-state index contributed by atoms with van der Waals surface area (Å²) in [5, 5.41) is 17.7. The van der Waals surface area contributed by atoms with Gasteiger partial charge in [-0.1, -0.05) is 17.7 Å². The van der Waals surface area contributed by atoms with E-state index in [1.54, 1.807) is 6.92 Å². The molecule has 0 bridgehead atoms. The smallest absolute Gasteiger partial charge is 0.491 e. The van der Waals surface area contributed by atoms with Crippen molar-refractivity contribution >= 4 is 24.2 Å². The molecule has 76 valence electrons. The Morgan fingerprint density at radius 1 is 1.50 bits per heavy atom. The highest BCUT2D eigenvalue weighted by molar-refractivity contribution is 6.59. The van der Waals surface area contributed by atoms with Gasteiger partial charge in [0.25, 0.3) is 0 Å². The summed E-state index contributed by atoms with van der Waals surface area (Å²) in [6.07, 6.45) is 0. The van der Waals surface area contributed by atoms with Crippen molar-refractivity contribution in [3.8, 4) is 5.75 Å². The molecule has 0 aliphatic heterocycles. The van der Waals surface area contributed by atoms with Gasteiger partial charge >= 0.3 is 7.12 Å². The lowest BCUT2D eigenvalue weighted by atomic mass is 9.79. The van der Waals surface area contributed by atoms with E-state index in [0.29, 0.717) is 0 Å². The molecule has 3 nitrogen and oxygen atoms in total. The average Bonchev–Trinajstić information content (AvgIpc) is 2.13. The Morgan fingerprint density at radius 3 is 2.64 bits per heavy atom. The molecule has 1 aromatic rings. The normalized spacial score (nSPS) is 10.1. The highest BCUT2D eigenvalue weighted by Crippen LogP contribution is 2.22. The van der Waals surface area contributed by atoms with Crippen LogP contribution in [0.2, 0.25) is 5.02 Å². The molecule has 0 atom stereocenters. The summed E-state index contributed by atoms with van der Waals surface area (Å²) in [7, 11) is -1.77. The second-order valence-corrected chi connectivity index (χ2v) is 2.99. The van der Waals surface area contributed by atoms with Crippen LogP contribution in [0.4, 0.5) is 4.39 Å². The SMILES string of the molecule is CCOc1c(B(O)O)ccc(Cl)c1F. The Hall–Kier alpha value is -0.775. The fourth-order valence-corrected chi connectivity index (χ4v) is 1.19. The van der Waals surface area contributed by atoms with Crippen LogP contribution in [0.3, 0.4) is 0 Å². The van der Waals surface area contributed by atoms with Gasteiger partial charge in [-0.3, -0.25) is 0 Å². The topological polar surface area (TPSA) is 49.7 Å². The van der Waals surface area contributed by atoms with Crippen molar-refractivity contribution in [1.29, 1.82) is 0 Å². The van der Waals surface area contributed by atoms with Crippen LogP contribution in [0.15, 0.2) is 12.1 Å². The van der Waals surface area contributed by atoms with Crippen LogP contribution in [-0.2, 0) is 0 Å². The number of benzene rings is 1. The van der Waals surface area contributed by atoms with Crippen LogP contribution in [-0.4, -0.2) is 23.8 Å². The van der Waals surface area contributed by atoms with Gasteiger partial charge in [-0.2, -0.15) is 0 Å². The van der Waals surface area contributed by atoms with Crippen LogP contribution in [0, 0.1) is 5.82 Å². The Labute approximate surface area is 86.2 Å². The van der Waals surface area contributed by atoms with Gasteiger partial charge in [-0.15, -0.1) is 0 Å². The van der Waals surface area contributed by atoms with Crippen LogP contribution >= 0.6 is 11.6 Å². The van der Waals surface area contributed by atoms with E-state index in [1.165, 1.54) is 12.1 Å². The zero-order chi connectivity index (χ0) is 10.7. The van der Waals surface area contributed by atoms with Crippen molar-refractivity contribution in [1.82, 2.24) is 0 Å². The molecular formula is C8H9BClFO3. The molecule has 0 aliphatic rings. The van der Waals surface area contributed by atoms with E-state index in [0.717, 1.165) is 0 Å². The molecule has 0 aromatic heterocycles. The second kappa shape index (κ2) is 4.64. The lowest BCUT2D eigenvalue weighted by Crippen LogP contribution is -2.32. The molecule has 6 heteroatoms. The first-order valence-corrected chi connectivity index (χ1v) is 4.42. The monoisotopic (exact) mass is 218 g/mol. The summed E-state index contributed by atoms with van der Waals surface area (Å²) in [5.74, 6) is -0.992. The molecule has 2 N–H and O–H groups in total. The van der Waals surface area contributed by atoms with Gasteiger partial charge < -0.3 is 14.8 Å². The number of ether oxygens (including phenoxy) is 1. The second-order valence-electron chi connectivity index (χ2n) is 2.59. The number of hydrogen-bond acceptors (Lipinski definition) is 3. The first-order chi connectivity index (χ1) is 6.57. The third-order valence-electron chi connectivity index (χ3n) is 1.65. The molecule has 0 amide bonds. The van der Waals surface area contributed by atoms with Crippen LogP contribution < -0.4 is 10.2 Å². The summed E-state index contributed by atoms with van der Waals surface area (Å²) in [5.41, 5.74) is -0.0336. The summed E-state index contributed by atoms with van der Waals surface area (Å²) in [4.78, 5) is 0. The Kier molecular flexibility index (Phi) is 3.74. The van der Waals surface area contributed by atoms with Crippen molar-refractivity contribution in [3.05, 3.63) is 23.0 Å². The third-order valence-corrected chi connectivity index (χ3v) is 1.94. The largest absolute Gasteiger partial charge is 0.492 e. The van der Waals surface area contributed by atoms with Crippen LogP contribution in [0.25, 0.3) is 0 Å². The van der Waals surface area contributed by atoms with Crippen molar-refractivity contribution in [2.75, 3.05) is 6.61 Å². The highest BCUT2D eigenvalue weighted by Gasteiger charge is 2.21. The summed E-state index contributed by atoms with van der Waals surface area (Å²) >= 11 is 5.51.